The van der Waals surface area contributed by atoms with Gasteiger partial charge in [0.25, 0.3) is 0 Å². The third kappa shape index (κ3) is 4.18. The Morgan fingerprint density at radius 2 is 1.89 bits per heavy atom. The van der Waals surface area contributed by atoms with E-state index >= 15 is 0 Å². The first-order valence-electron chi connectivity index (χ1n) is 5.82. The highest BCUT2D eigenvalue weighted by atomic mass is 16.3. The molecule has 0 aliphatic rings. The number of hydrogen-bond acceptors (Lipinski definition) is 3. The van der Waals surface area contributed by atoms with Crippen molar-refractivity contribution in [2.75, 3.05) is 18.5 Å². The molecule has 1 aromatic rings. The van der Waals surface area contributed by atoms with E-state index in [0.717, 1.165) is 11.1 Å². The molecule has 0 aliphatic carbocycles. The Bertz CT molecular complexity index is 444. The second kappa shape index (κ2) is 6.76. The number of aryl methyl sites for hydroxylation is 2. The minimum Gasteiger partial charge on any atom is -0.396 e. The lowest BCUT2D eigenvalue weighted by Gasteiger charge is -2.07. The van der Waals surface area contributed by atoms with Gasteiger partial charge < -0.3 is 15.7 Å². The SMILES string of the molecule is Cc1ccc(NC(=O)C(=O)NCCCO)cc1C. The van der Waals surface area contributed by atoms with Crippen LogP contribution in [-0.4, -0.2) is 30.1 Å². The number of nitrogens with one attached hydrogen (secondary N) is 2. The summed E-state index contributed by atoms with van der Waals surface area (Å²) in [5.41, 5.74) is 2.77. The second-order valence-electron chi connectivity index (χ2n) is 4.09. The largest absolute Gasteiger partial charge is 0.396 e. The van der Waals surface area contributed by atoms with Crippen molar-refractivity contribution in [3.05, 3.63) is 29.3 Å². The monoisotopic (exact) mass is 250 g/mol. The molecule has 0 radical (unpaired) electrons. The quantitative estimate of drug-likeness (QED) is 0.545. The average Bonchev–Trinajstić information content (AvgIpc) is 2.34. The zero-order valence-corrected chi connectivity index (χ0v) is 10.6. The minimum absolute atomic E-state index is 0.0148. The molecule has 0 spiro atoms. The van der Waals surface area contributed by atoms with Crippen LogP contribution in [0.5, 0.6) is 0 Å². The zero-order valence-electron chi connectivity index (χ0n) is 10.6. The summed E-state index contributed by atoms with van der Waals surface area (Å²) in [6.45, 7) is 4.18. The van der Waals surface area contributed by atoms with Gasteiger partial charge in [-0.3, -0.25) is 9.59 Å². The molecule has 0 fully saturated rings. The molecule has 0 aromatic heterocycles. The van der Waals surface area contributed by atoms with E-state index in [9.17, 15) is 9.59 Å². The Labute approximate surface area is 106 Å². The maximum absolute atomic E-state index is 11.5. The Morgan fingerprint density at radius 1 is 1.17 bits per heavy atom. The molecule has 18 heavy (non-hydrogen) atoms. The number of aliphatic hydroxyl groups is 1. The Kier molecular flexibility index (Phi) is 5.32. The first kappa shape index (κ1) is 14.2. The van der Waals surface area contributed by atoms with Crippen molar-refractivity contribution >= 4 is 17.5 Å². The van der Waals surface area contributed by atoms with Crippen LogP contribution in [0, 0.1) is 13.8 Å². The number of benzene rings is 1. The third-order valence-electron chi connectivity index (χ3n) is 2.59. The summed E-state index contributed by atoms with van der Waals surface area (Å²) in [5.74, 6) is -1.39. The first-order chi connectivity index (χ1) is 8.54. The van der Waals surface area contributed by atoms with Gasteiger partial charge >= 0.3 is 11.8 Å². The van der Waals surface area contributed by atoms with E-state index in [-0.39, 0.29) is 13.2 Å². The number of rotatable bonds is 4. The predicted molar refractivity (Wildman–Crippen MR) is 69.3 cm³/mol. The highest BCUT2D eigenvalue weighted by Gasteiger charge is 2.12. The molecule has 0 saturated heterocycles. The second-order valence-corrected chi connectivity index (χ2v) is 4.09. The van der Waals surface area contributed by atoms with Crippen molar-refractivity contribution in [1.82, 2.24) is 5.32 Å². The van der Waals surface area contributed by atoms with E-state index in [1.807, 2.05) is 26.0 Å². The smallest absolute Gasteiger partial charge is 0.313 e. The standard InChI is InChI=1S/C13H18N2O3/c1-9-4-5-11(8-10(9)2)15-13(18)12(17)14-6-3-7-16/h4-5,8,16H,3,6-7H2,1-2H3,(H,14,17)(H,15,18). The van der Waals surface area contributed by atoms with Gasteiger partial charge in [0.15, 0.2) is 0 Å². The normalized spacial score (nSPS) is 9.94. The van der Waals surface area contributed by atoms with Gasteiger partial charge in [0.05, 0.1) is 0 Å². The van der Waals surface area contributed by atoms with Crippen molar-refractivity contribution in [2.24, 2.45) is 0 Å². The van der Waals surface area contributed by atoms with Crippen LogP contribution >= 0.6 is 0 Å². The van der Waals surface area contributed by atoms with Crippen molar-refractivity contribution in [3.8, 4) is 0 Å². The number of anilines is 1. The van der Waals surface area contributed by atoms with Gasteiger partial charge in [0.1, 0.15) is 0 Å². The van der Waals surface area contributed by atoms with Crippen molar-refractivity contribution < 1.29 is 14.7 Å². The molecule has 0 bridgehead atoms. The highest BCUT2D eigenvalue weighted by Crippen LogP contribution is 2.13. The molecule has 1 rings (SSSR count). The van der Waals surface area contributed by atoms with Crippen LogP contribution in [0.2, 0.25) is 0 Å². The molecular formula is C13H18N2O3. The summed E-state index contributed by atoms with van der Waals surface area (Å²) in [6, 6.07) is 5.45. The van der Waals surface area contributed by atoms with E-state index in [1.54, 1.807) is 6.07 Å². The van der Waals surface area contributed by atoms with Crippen LogP contribution < -0.4 is 10.6 Å². The fourth-order valence-corrected chi connectivity index (χ4v) is 1.37. The zero-order chi connectivity index (χ0) is 13.5. The molecular weight excluding hydrogens is 232 g/mol. The molecule has 0 aliphatic heterocycles. The first-order valence-corrected chi connectivity index (χ1v) is 5.82. The molecule has 3 N–H and O–H groups in total. The number of carbonyl (C=O) groups excluding carboxylic acids is 2. The van der Waals surface area contributed by atoms with Gasteiger partial charge in [-0.05, 0) is 43.5 Å². The maximum atomic E-state index is 11.5. The van der Waals surface area contributed by atoms with E-state index in [2.05, 4.69) is 10.6 Å². The molecule has 5 heteroatoms. The number of hydrogen-bond donors (Lipinski definition) is 3. The molecule has 98 valence electrons. The number of carbonyl (C=O) groups is 2. The average molecular weight is 250 g/mol. The Morgan fingerprint density at radius 3 is 2.50 bits per heavy atom. The fourth-order valence-electron chi connectivity index (χ4n) is 1.37. The summed E-state index contributed by atoms with van der Waals surface area (Å²) < 4.78 is 0. The lowest BCUT2D eigenvalue weighted by molar-refractivity contribution is -0.136. The van der Waals surface area contributed by atoms with Gasteiger partial charge in [-0.2, -0.15) is 0 Å². The number of aliphatic hydroxyl groups excluding tert-OH is 1. The molecule has 1 aromatic carbocycles. The minimum atomic E-state index is -0.698. The molecule has 0 heterocycles. The van der Waals surface area contributed by atoms with Crippen molar-refractivity contribution in [3.63, 3.8) is 0 Å². The number of amides is 2. The van der Waals surface area contributed by atoms with Crippen LogP contribution in [0.25, 0.3) is 0 Å². The van der Waals surface area contributed by atoms with E-state index in [0.29, 0.717) is 12.1 Å². The van der Waals surface area contributed by atoms with Crippen LogP contribution in [0.3, 0.4) is 0 Å². The van der Waals surface area contributed by atoms with E-state index in [4.69, 9.17) is 5.11 Å². The van der Waals surface area contributed by atoms with Crippen molar-refractivity contribution in [1.29, 1.82) is 0 Å². The summed E-state index contributed by atoms with van der Waals surface area (Å²) >= 11 is 0. The fraction of sp³-hybridized carbons (Fsp3) is 0.385. The summed E-state index contributed by atoms with van der Waals surface area (Å²) in [4.78, 5) is 22.9. The third-order valence-corrected chi connectivity index (χ3v) is 2.59. The van der Waals surface area contributed by atoms with Gasteiger partial charge in [0, 0.05) is 18.8 Å². The molecule has 0 unspecified atom stereocenters. The summed E-state index contributed by atoms with van der Waals surface area (Å²) in [7, 11) is 0. The van der Waals surface area contributed by atoms with Gasteiger partial charge in [-0.15, -0.1) is 0 Å². The van der Waals surface area contributed by atoms with Gasteiger partial charge in [-0.1, -0.05) is 6.07 Å². The molecule has 2 amide bonds. The van der Waals surface area contributed by atoms with E-state index in [1.165, 1.54) is 0 Å². The van der Waals surface area contributed by atoms with E-state index < -0.39 is 11.8 Å². The van der Waals surface area contributed by atoms with Gasteiger partial charge in [0.2, 0.25) is 0 Å². The topological polar surface area (TPSA) is 78.4 Å². The van der Waals surface area contributed by atoms with Crippen molar-refractivity contribution in [2.45, 2.75) is 20.3 Å². The van der Waals surface area contributed by atoms with Crippen LogP contribution in [-0.2, 0) is 9.59 Å². The molecule has 5 nitrogen and oxygen atoms in total. The Balaban J connectivity index is 2.53. The molecule has 0 saturated carbocycles. The lowest BCUT2D eigenvalue weighted by atomic mass is 10.1. The maximum Gasteiger partial charge on any atom is 0.313 e. The summed E-state index contributed by atoms with van der Waals surface area (Å²) in [6.07, 6.45) is 0.433. The predicted octanol–water partition coefficient (Wildman–Crippen LogP) is 0.741. The van der Waals surface area contributed by atoms with Crippen LogP contribution in [0.1, 0.15) is 17.5 Å². The Hall–Kier alpha value is -1.88. The summed E-state index contributed by atoms with van der Waals surface area (Å²) in [5, 5.41) is 13.5. The lowest BCUT2D eigenvalue weighted by Crippen LogP contribution is -2.36. The van der Waals surface area contributed by atoms with Crippen LogP contribution in [0.4, 0.5) is 5.69 Å². The molecule has 0 atom stereocenters. The van der Waals surface area contributed by atoms with Gasteiger partial charge in [-0.25, -0.2) is 0 Å². The van der Waals surface area contributed by atoms with Crippen LogP contribution in [0.15, 0.2) is 18.2 Å². The highest BCUT2D eigenvalue weighted by molar-refractivity contribution is 6.39.